The summed E-state index contributed by atoms with van der Waals surface area (Å²) >= 11 is 0. The van der Waals surface area contributed by atoms with Gasteiger partial charge in [0.1, 0.15) is 11.6 Å². The number of carbonyl (C=O) groups is 2. The van der Waals surface area contributed by atoms with Gasteiger partial charge < -0.3 is 15.8 Å². The molecule has 0 aromatic heterocycles. The topological polar surface area (TPSA) is 84.7 Å². The molecule has 0 spiro atoms. The van der Waals surface area contributed by atoms with Crippen molar-refractivity contribution in [1.29, 1.82) is 0 Å². The molecule has 6 nitrogen and oxygen atoms in total. The molecule has 21 heavy (non-hydrogen) atoms. The molecule has 1 rings (SSSR count). The van der Waals surface area contributed by atoms with Crippen molar-refractivity contribution in [2.24, 2.45) is 11.7 Å². The van der Waals surface area contributed by atoms with Gasteiger partial charge in [-0.15, -0.1) is 0 Å². The van der Waals surface area contributed by atoms with Gasteiger partial charge in [-0.25, -0.2) is 4.79 Å². The number of likely N-dealkylation sites (tertiary alicyclic amines) is 1. The maximum atomic E-state index is 12.4. The summed E-state index contributed by atoms with van der Waals surface area (Å²) < 4.78 is 5.36. The van der Waals surface area contributed by atoms with Crippen LogP contribution < -0.4 is 11.1 Å². The van der Waals surface area contributed by atoms with Crippen LogP contribution >= 0.6 is 0 Å². The van der Waals surface area contributed by atoms with E-state index < -0.39 is 17.7 Å². The average Bonchev–Trinajstić information content (AvgIpc) is 2.82. The third-order valence-corrected chi connectivity index (χ3v) is 3.57. The van der Waals surface area contributed by atoms with Crippen molar-refractivity contribution in [2.75, 3.05) is 13.1 Å². The molecule has 0 bridgehead atoms. The van der Waals surface area contributed by atoms with Crippen molar-refractivity contribution in [2.45, 2.75) is 65.1 Å². The van der Waals surface area contributed by atoms with Crippen LogP contribution in [0.15, 0.2) is 0 Å². The fourth-order valence-electron chi connectivity index (χ4n) is 2.36. The standard InChI is InChI=1S/C15H29N3O3/c1-10(2)11(9-16)17-13(19)12-7-6-8-18(12)14(20)21-15(3,4)5/h10-12H,6-9,16H2,1-5H3,(H,17,19)/t11-,12-/m0/s1. The van der Waals surface area contributed by atoms with Gasteiger partial charge in [-0.1, -0.05) is 13.8 Å². The average molecular weight is 299 g/mol. The van der Waals surface area contributed by atoms with E-state index >= 15 is 0 Å². The zero-order valence-corrected chi connectivity index (χ0v) is 13.8. The van der Waals surface area contributed by atoms with Crippen molar-refractivity contribution in [3.63, 3.8) is 0 Å². The van der Waals surface area contributed by atoms with Crippen molar-refractivity contribution in [1.82, 2.24) is 10.2 Å². The Morgan fingerprint density at radius 1 is 1.38 bits per heavy atom. The largest absolute Gasteiger partial charge is 0.444 e. The monoisotopic (exact) mass is 299 g/mol. The Bertz CT molecular complexity index is 377. The highest BCUT2D eigenvalue weighted by Gasteiger charge is 2.37. The summed E-state index contributed by atoms with van der Waals surface area (Å²) in [5.41, 5.74) is 5.12. The second kappa shape index (κ2) is 7.11. The highest BCUT2D eigenvalue weighted by Crippen LogP contribution is 2.21. The van der Waals surface area contributed by atoms with Gasteiger partial charge in [0.2, 0.25) is 5.91 Å². The lowest BCUT2D eigenvalue weighted by atomic mass is 10.0. The van der Waals surface area contributed by atoms with E-state index in [1.54, 1.807) is 0 Å². The van der Waals surface area contributed by atoms with Gasteiger partial charge >= 0.3 is 6.09 Å². The molecule has 2 amide bonds. The highest BCUT2D eigenvalue weighted by molar-refractivity contribution is 5.86. The highest BCUT2D eigenvalue weighted by atomic mass is 16.6. The van der Waals surface area contributed by atoms with Crippen molar-refractivity contribution in [3.05, 3.63) is 0 Å². The maximum Gasteiger partial charge on any atom is 0.410 e. The number of ether oxygens (including phenoxy) is 1. The second-order valence-electron chi connectivity index (χ2n) is 6.93. The first-order valence-electron chi connectivity index (χ1n) is 7.65. The molecule has 1 aliphatic rings. The zero-order valence-electron chi connectivity index (χ0n) is 13.8. The van der Waals surface area contributed by atoms with E-state index in [1.807, 2.05) is 34.6 Å². The molecular weight excluding hydrogens is 270 g/mol. The Morgan fingerprint density at radius 2 is 2.00 bits per heavy atom. The van der Waals surface area contributed by atoms with Gasteiger partial charge in [0.25, 0.3) is 0 Å². The molecular formula is C15H29N3O3. The summed E-state index contributed by atoms with van der Waals surface area (Å²) in [5.74, 6) is 0.123. The molecule has 122 valence electrons. The molecule has 6 heteroatoms. The van der Waals surface area contributed by atoms with Gasteiger partial charge in [0.05, 0.1) is 0 Å². The Kier molecular flexibility index (Phi) is 6.01. The van der Waals surface area contributed by atoms with Gasteiger partial charge in [0, 0.05) is 19.1 Å². The second-order valence-corrected chi connectivity index (χ2v) is 6.93. The number of amides is 2. The van der Waals surface area contributed by atoms with Crippen LogP contribution in [0.4, 0.5) is 4.79 Å². The fraction of sp³-hybridized carbons (Fsp3) is 0.867. The van der Waals surface area contributed by atoms with Crippen molar-refractivity contribution < 1.29 is 14.3 Å². The minimum absolute atomic E-state index is 0.0708. The molecule has 1 fully saturated rings. The van der Waals surface area contributed by atoms with E-state index in [0.29, 0.717) is 19.5 Å². The zero-order chi connectivity index (χ0) is 16.2. The smallest absolute Gasteiger partial charge is 0.410 e. The number of carbonyl (C=O) groups excluding carboxylic acids is 2. The van der Waals surface area contributed by atoms with Crippen LogP contribution in [0, 0.1) is 5.92 Å². The predicted octanol–water partition coefficient (Wildman–Crippen LogP) is 1.49. The summed E-state index contributed by atoms with van der Waals surface area (Å²) in [6.07, 6.45) is 1.06. The van der Waals surface area contributed by atoms with E-state index in [4.69, 9.17) is 10.5 Å². The van der Waals surface area contributed by atoms with Crippen LogP contribution in [-0.2, 0) is 9.53 Å². The first kappa shape index (κ1) is 17.8. The number of nitrogens with two attached hydrogens (primary N) is 1. The minimum Gasteiger partial charge on any atom is -0.444 e. The van der Waals surface area contributed by atoms with Crippen LogP contribution in [0.2, 0.25) is 0 Å². The molecule has 2 atom stereocenters. The summed E-state index contributed by atoms with van der Waals surface area (Å²) in [4.78, 5) is 26.1. The number of rotatable bonds is 4. The van der Waals surface area contributed by atoms with Gasteiger partial charge in [-0.3, -0.25) is 9.69 Å². The number of nitrogens with one attached hydrogen (secondary N) is 1. The predicted molar refractivity (Wildman–Crippen MR) is 81.8 cm³/mol. The molecule has 0 aliphatic carbocycles. The molecule has 0 saturated carbocycles. The Balaban J connectivity index is 2.68. The molecule has 0 aromatic rings. The third kappa shape index (κ3) is 5.19. The third-order valence-electron chi connectivity index (χ3n) is 3.57. The SMILES string of the molecule is CC(C)[C@H](CN)NC(=O)[C@@H]1CCCN1C(=O)OC(C)(C)C. The molecule has 1 aliphatic heterocycles. The maximum absolute atomic E-state index is 12.4. The van der Waals surface area contributed by atoms with E-state index in [2.05, 4.69) is 5.32 Å². The summed E-state index contributed by atoms with van der Waals surface area (Å²) in [7, 11) is 0. The van der Waals surface area contributed by atoms with Crippen molar-refractivity contribution in [3.8, 4) is 0 Å². The summed E-state index contributed by atoms with van der Waals surface area (Å²) in [6, 6.07) is -0.522. The molecule has 1 heterocycles. The Hall–Kier alpha value is -1.30. The van der Waals surface area contributed by atoms with Crippen LogP contribution in [0.5, 0.6) is 0 Å². The first-order valence-corrected chi connectivity index (χ1v) is 7.65. The van der Waals surface area contributed by atoms with Crippen LogP contribution in [0.3, 0.4) is 0 Å². The van der Waals surface area contributed by atoms with Crippen molar-refractivity contribution >= 4 is 12.0 Å². The minimum atomic E-state index is -0.557. The lowest BCUT2D eigenvalue weighted by Gasteiger charge is -2.29. The molecule has 3 N–H and O–H groups in total. The van der Waals surface area contributed by atoms with Crippen LogP contribution in [-0.4, -0.2) is 47.7 Å². The number of hydrogen-bond acceptors (Lipinski definition) is 4. The summed E-state index contributed by atoms with van der Waals surface area (Å²) in [5, 5.41) is 2.94. The lowest BCUT2D eigenvalue weighted by molar-refractivity contribution is -0.126. The molecule has 0 unspecified atom stereocenters. The van der Waals surface area contributed by atoms with E-state index in [-0.39, 0.29) is 17.9 Å². The van der Waals surface area contributed by atoms with E-state index in [9.17, 15) is 9.59 Å². The Labute approximate surface area is 127 Å². The van der Waals surface area contributed by atoms with Gasteiger partial charge in [-0.05, 0) is 39.5 Å². The fourth-order valence-corrected chi connectivity index (χ4v) is 2.36. The van der Waals surface area contributed by atoms with E-state index in [1.165, 1.54) is 4.90 Å². The molecule has 1 saturated heterocycles. The van der Waals surface area contributed by atoms with Crippen LogP contribution in [0.1, 0.15) is 47.5 Å². The van der Waals surface area contributed by atoms with Gasteiger partial charge in [-0.2, -0.15) is 0 Å². The molecule has 0 radical (unpaired) electrons. The van der Waals surface area contributed by atoms with Gasteiger partial charge in [0.15, 0.2) is 0 Å². The summed E-state index contributed by atoms with van der Waals surface area (Å²) in [6.45, 7) is 10.4. The number of hydrogen-bond donors (Lipinski definition) is 2. The van der Waals surface area contributed by atoms with Crippen LogP contribution in [0.25, 0.3) is 0 Å². The molecule has 0 aromatic carbocycles. The lowest BCUT2D eigenvalue weighted by Crippen LogP contribution is -2.52. The Morgan fingerprint density at radius 3 is 2.48 bits per heavy atom. The normalized spacial score (nSPS) is 20.5. The number of nitrogens with zero attached hydrogens (tertiary/aromatic N) is 1. The first-order chi connectivity index (χ1) is 9.65. The van der Waals surface area contributed by atoms with E-state index in [0.717, 1.165) is 6.42 Å². The quantitative estimate of drug-likeness (QED) is 0.823.